The first-order valence-corrected chi connectivity index (χ1v) is 11.8. The van der Waals surface area contributed by atoms with Gasteiger partial charge in [0.05, 0.1) is 6.61 Å². The van der Waals surface area contributed by atoms with Gasteiger partial charge < -0.3 is 14.9 Å². The molecule has 9 nitrogen and oxygen atoms in total. The number of aliphatic hydroxyl groups excluding tert-OH is 2. The molecule has 1 saturated heterocycles. The quantitative estimate of drug-likeness (QED) is 0.348. The van der Waals surface area contributed by atoms with E-state index in [2.05, 4.69) is 14.7 Å². The van der Waals surface area contributed by atoms with Gasteiger partial charge >= 0.3 is 10.2 Å². The summed E-state index contributed by atoms with van der Waals surface area (Å²) in [5.74, 6) is -2.12. The molecular weight excluding hydrogens is 454 g/mol. The number of ether oxygens (including phenoxy) is 1. The number of anilines is 1. The van der Waals surface area contributed by atoms with Crippen LogP contribution in [0.15, 0.2) is 29.4 Å². The fourth-order valence-corrected chi connectivity index (χ4v) is 4.59. The van der Waals surface area contributed by atoms with Crippen LogP contribution in [0.2, 0.25) is 0 Å². The van der Waals surface area contributed by atoms with Crippen molar-refractivity contribution in [2.24, 2.45) is 0 Å². The van der Waals surface area contributed by atoms with Crippen LogP contribution in [0.25, 0.3) is 0 Å². The molecule has 0 spiro atoms. The Morgan fingerprint density at radius 1 is 1.32 bits per heavy atom. The van der Waals surface area contributed by atoms with Gasteiger partial charge in [0.25, 0.3) is 0 Å². The van der Waals surface area contributed by atoms with Crippen LogP contribution in [0.4, 0.5) is 14.6 Å². The molecule has 1 aliphatic heterocycles. The number of hydrogen-bond acceptors (Lipinski definition) is 8. The van der Waals surface area contributed by atoms with Crippen molar-refractivity contribution in [1.82, 2.24) is 14.3 Å². The Bertz CT molecular complexity index is 1020. The van der Waals surface area contributed by atoms with Crippen molar-refractivity contribution in [3.05, 3.63) is 41.5 Å². The third-order valence-electron chi connectivity index (χ3n) is 4.49. The predicted octanol–water partition coefficient (Wildman–Crippen LogP) is 1.53. The summed E-state index contributed by atoms with van der Waals surface area (Å²) in [5, 5.41) is 18.8. The summed E-state index contributed by atoms with van der Waals surface area (Å²) < 4.78 is 61.2. The van der Waals surface area contributed by atoms with Crippen molar-refractivity contribution in [2.45, 2.75) is 36.5 Å². The highest BCUT2D eigenvalue weighted by Gasteiger charge is 2.28. The van der Waals surface area contributed by atoms with Gasteiger partial charge in [0, 0.05) is 30.5 Å². The number of hydrogen-bond donors (Lipinski definition) is 3. The lowest BCUT2D eigenvalue weighted by Gasteiger charge is -2.29. The number of nitrogens with one attached hydrogen (secondary N) is 1. The highest BCUT2D eigenvalue weighted by molar-refractivity contribution is 7.98. The maximum Gasteiger partial charge on any atom is 0.302 e. The van der Waals surface area contributed by atoms with Gasteiger partial charge in [-0.15, -0.1) is 0 Å². The highest BCUT2D eigenvalue weighted by Crippen LogP contribution is 2.27. The Morgan fingerprint density at radius 2 is 2.06 bits per heavy atom. The molecule has 3 rings (SSSR count). The van der Waals surface area contributed by atoms with Crippen molar-refractivity contribution in [3.8, 4) is 5.88 Å². The number of benzene rings is 1. The van der Waals surface area contributed by atoms with E-state index in [0.29, 0.717) is 13.1 Å². The topological polar surface area (TPSA) is 125 Å². The van der Waals surface area contributed by atoms with E-state index in [9.17, 15) is 22.3 Å². The minimum absolute atomic E-state index is 0.0137. The van der Waals surface area contributed by atoms with E-state index in [4.69, 9.17) is 9.84 Å². The zero-order valence-electron chi connectivity index (χ0n) is 16.5. The van der Waals surface area contributed by atoms with E-state index in [-0.39, 0.29) is 28.2 Å². The summed E-state index contributed by atoms with van der Waals surface area (Å²) in [4.78, 5) is 8.26. The number of rotatable bonds is 10. The van der Waals surface area contributed by atoms with E-state index < -0.39 is 40.7 Å². The zero-order chi connectivity index (χ0) is 22.6. The summed E-state index contributed by atoms with van der Waals surface area (Å²) in [6.45, 7) is 1.75. The number of nitrogens with zero attached hydrogens (tertiary/aromatic N) is 3. The van der Waals surface area contributed by atoms with Gasteiger partial charge in [-0.2, -0.15) is 17.7 Å². The molecule has 0 bridgehead atoms. The first kappa shape index (κ1) is 23.6. The molecule has 0 saturated carbocycles. The molecule has 0 aliphatic carbocycles. The standard InChI is InChI=1S/C18H22F2N4O5S2/c1-11(14(26)9-25)29-16-8-15(23-31(27,28)24-6-3-7-24)21-18(22-16)30-10-12-4-2-5-13(19)17(12)20/h2,4-5,8,11,14,25-26H,3,6-7,9-10H2,1H3,(H,21,22,23)/t11-,14-/m1/s1. The smallest absolute Gasteiger partial charge is 0.302 e. The van der Waals surface area contributed by atoms with E-state index in [1.165, 1.54) is 29.4 Å². The molecule has 31 heavy (non-hydrogen) atoms. The largest absolute Gasteiger partial charge is 0.472 e. The predicted molar refractivity (Wildman–Crippen MR) is 110 cm³/mol. The Balaban J connectivity index is 1.83. The second-order valence-electron chi connectivity index (χ2n) is 6.81. The molecule has 170 valence electrons. The van der Waals surface area contributed by atoms with Crippen molar-refractivity contribution >= 4 is 27.8 Å². The molecule has 0 radical (unpaired) electrons. The van der Waals surface area contributed by atoms with Gasteiger partial charge in [0.2, 0.25) is 5.88 Å². The van der Waals surface area contributed by atoms with Gasteiger partial charge in [-0.3, -0.25) is 4.72 Å². The average molecular weight is 477 g/mol. The molecule has 1 aromatic heterocycles. The fourth-order valence-electron chi connectivity index (χ4n) is 2.52. The molecule has 13 heteroatoms. The Hall–Kier alpha value is -2.06. The lowest BCUT2D eigenvalue weighted by molar-refractivity contribution is 0.00599. The molecule has 0 amide bonds. The molecule has 2 heterocycles. The van der Waals surface area contributed by atoms with Crippen LogP contribution < -0.4 is 9.46 Å². The van der Waals surface area contributed by atoms with Crippen molar-refractivity contribution in [1.29, 1.82) is 0 Å². The van der Waals surface area contributed by atoms with Crippen molar-refractivity contribution < 1.29 is 32.1 Å². The number of aliphatic hydroxyl groups is 2. The van der Waals surface area contributed by atoms with Gasteiger partial charge in [0.15, 0.2) is 16.8 Å². The van der Waals surface area contributed by atoms with Crippen LogP contribution in [0, 0.1) is 11.6 Å². The maximum atomic E-state index is 13.9. The molecule has 3 N–H and O–H groups in total. The van der Waals surface area contributed by atoms with Crippen molar-refractivity contribution in [2.75, 3.05) is 24.4 Å². The molecule has 2 aromatic rings. The molecule has 1 aromatic carbocycles. The van der Waals surface area contributed by atoms with Gasteiger partial charge in [-0.25, -0.2) is 13.8 Å². The van der Waals surface area contributed by atoms with E-state index in [1.54, 1.807) is 0 Å². The van der Waals surface area contributed by atoms with Crippen LogP contribution in [0.5, 0.6) is 5.88 Å². The van der Waals surface area contributed by atoms with Crippen LogP contribution in [0.3, 0.4) is 0 Å². The fraction of sp³-hybridized carbons (Fsp3) is 0.444. The summed E-state index contributed by atoms with van der Waals surface area (Å²) in [6, 6.07) is 5.04. The Labute approximate surface area is 182 Å². The van der Waals surface area contributed by atoms with Crippen LogP contribution in [-0.4, -0.2) is 64.8 Å². The zero-order valence-corrected chi connectivity index (χ0v) is 18.2. The van der Waals surface area contributed by atoms with Gasteiger partial charge in [0.1, 0.15) is 18.0 Å². The molecule has 0 unspecified atom stereocenters. The highest BCUT2D eigenvalue weighted by atomic mass is 32.2. The normalized spacial score (nSPS) is 16.4. The number of aromatic nitrogens is 2. The Morgan fingerprint density at radius 3 is 2.71 bits per heavy atom. The van der Waals surface area contributed by atoms with Crippen molar-refractivity contribution in [3.63, 3.8) is 0 Å². The second-order valence-corrected chi connectivity index (χ2v) is 9.42. The lowest BCUT2D eigenvalue weighted by atomic mass is 10.2. The second kappa shape index (κ2) is 10.0. The van der Waals surface area contributed by atoms with Crippen LogP contribution in [0.1, 0.15) is 18.9 Å². The first-order chi connectivity index (χ1) is 14.7. The van der Waals surface area contributed by atoms with Gasteiger partial charge in [-0.05, 0) is 19.4 Å². The monoisotopic (exact) mass is 476 g/mol. The number of halogens is 2. The first-order valence-electron chi connectivity index (χ1n) is 9.38. The van der Waals surface area contributed by atoms with Crippen LogP contribution in [-0.2, 0) is 16.0 Å². The lowest BCUT2D eigenvalue weighted by Crippen LogP contribution is -2.45. The van der Waals surface area contributed by atoms with Crippen LogP contribution >= 0.6 is 11.8 Å². The molecule has 1 aliphatic rings. The Kier molecular flexibility index (Phi) is 7.64. The third kappa shape index (κ3) is 6.01. The summed E-state index contributed by atoms with van der Waals surface area (Å²) >= 11 is 0.951. The number of thioether (sulfide) groups is 1. The third-order valence-corrected chi connectivity index (χ3v) is 6.90. The summed E-state index contributed by atoms with van der Waals surface area (Å²) in [5.41, 5.74) is 0.0895. The van der Waals surface area contributed by atoms with Gasteiger partial charge in [-0.1, -0.05) is 23.9 Å². The summed E-state index contributed by atoms with van der Waals surface area (Å²) in [7, 11) is -3.81. The average Bonchev–Trinajstić information content (AvgIpc) is 2.66. The van der Waals surface area contributed by atoms with E-state index in [0.717, 1.165) is 24.2 Å². The maximum absolute atomic E-state index is 13.9. The molecule has 2 atom stereocenters. The van der Waals surface area contributed by atoms with E-state index >= 15 is 0 Å². The molecule has 1 fully saturated rings. The minimum Gasteiger partial charge on any atom is -0.472 e. The SMILES string of the molecule is C[C@@H](Oc1cc(NS(=O)(=O)N2CCC2)nc(SCc2cccc(F)c2F)n1)[C@H](O)CO. The summed E-state index contributed by atoms with van der Waals surface area (Å²) in [6.07, 6.45) is -1.28. The van der Waals surface area contributed by atoms with E-state index in [1.807, 2.05) is 0 Å². The minimum atomic E-state index is -3.81. The molecular formula is C18H22F2N4O5S2.